The molecule has 2 unspecified atom stereocenters. The predicted molar refractivity (Wildman–Crippen MR) is 63.7 cm³/mol. The average molecular weight is 243 g/mol. The lowest BCUT2D eigenvalue weighted by Crippen LogP contribution is -2.26. The summed E-state index contributed by atoms with van der Waals surface area (Å²) < 4.78 is 26.6. The number of halogens is 2. The quantitative estimate of drug-likeness (QED) is 0.859. The van der Waals surface area contributed by atoms with Crippen LogP contribution in [0.25, 0.3) is 0 Å². The summed E-state index contributed by atoms with van der Waals surface area (Å²) >= 11 is 0. The van der Waals surface area contributed by atoms with Gasteiger partial charge < -0.3 is 5.11 Å². The van der Waals surface area contributed by atoms with Gasteiger partial charge in [-0.3, -0.25) is 4.90 Å². The van der Waals surface area contributed by atoms with E-state index < -0.39 is 11.6 Å². The molecule has 0 bridgehead atoms. The van der Waals surface area contributed by atoms with E-state index in [-0.39, 0.29) is 12.1 Å². The maximum Gasteiger partial charge on any atom is 0.128 e. The van der Waals surface area contributed by atoms with Crippen molar-refractivity contribution in [2.24, 2.45) is 0 Å². The van der Waals surface area contributed by atoms with E-state index in [0.717, 1.165) is 12.1 Å². The van der Waals surface area contributed by atoms with Gasteiger partial charge in [-0.2, -0.15) is 0 Å². The van der Waals surface area contributed by atoms with Crippen molar-refractivity contribution < 1.29 is 13.9 Å². The zero-order chi connectivity index (χ0) is 13.0. The first-order valence-corrected chi connectivity index (χ1v) is 5.75. The van der Waals surface area contributed by atoms with Crippen molar-refractivity contribution in [2.75, 3.05) is 13.6 Å². The van der Waals surface area contributed by atoms with Gasteiger partial charge in [0.15, 0.2) is 0 Å². The van der Waals surface area contributed by atoms with Gasteiger partial charge in [0.25, 0.3) is 0 Å². The maximum atomic E-state index is 13.5. The summed E-state index contributed by atoms with van der Waals surface area (Å²) in [5.74, 6) is -0.833. The van der Waals surface area contributed by atoms with Crippen LogP contribution in [0.4, 0.5) is 8.78 Å². The van der Waals surface area contributed by atoms with Crippen molar-refractivity contribution in [3.8, 4) is 0 Å². The standard InChI is InChI=1S/C13H19F2NO/c1-9(17)6-7-16(3)10(2)12-8-11(14)4-5-13(12)15/h4-5,8-10,17H,6-7H2,1-3H3. The summed E-state index contributed by atoms with van der Waals surface area (Å²) in [7, 11) is 1.83. The number of aliphatic hydroxyl groups excluding tert-OH is 1. The molecule has 0 saturated carbocycles. The second-order valence-corrected chi connectivity index (χ2v) is 4.46. The Morgan fingerprint density at radius 3 is 2.53 bits per heavy atom. The third kappa shape index (κ3) is 4.06. The number of nitrogens with zero attached hydrogens (tertiary/aromatic N) is 1. The van der Waals surface area contributed by atoms with Crippen molar-refractivity contribution >= 4 is 0 Å². The zero-order valence-corrected chi connectivity index (χ0v) is 10.5. The van der Waals surface area contributed by atoms with E-state index in [4.69, 9.17) is 0 Å². The largest absolute Gasteiger partial charge is 0.393 e. The lowest BCUT2D eigenvalue weighted by Gasteiger charge is -2.25. The van der Waals surface area contributed by atoms with Crippen LogP contribution in [0, 0.1) is 11.6 Å². The monoisotopic (exact) mass is 243 g/mol. The van der Waals surface area contributed by atoms with Gasteiger partial charge in [-0.15, -0.1) is 0 Å². The highest BCUT2D eigenvalue weighted by Crippen LogP contribution is 2.22. The molecule has 1 rings (SSSR count). The Hall–Kier alpha value is -1.00. The summed E-state index contributed by atoms with van der Waals surface area (Å²) in [6, 6.07) is 3.26. The minimum absolute atomic E-state index is 0.218. The van der Waals surface area contributed by atoms with Crippen LogP contribution < -0.4 is 0 Å². The summed E-state index contributed by atoms with van der Waals surface area (Å²) in [4.78, 5) is 1.89. The van der Waals surface area contributed by atoms with Gasteiger partial charge in [-0.05, 0) is 45.5 Å². The number of rotatable bonds is 5. The Labute approximate surface area is 101 Å². The minimum atomic E-state index is -0.433. The molecule has 2 atom stereocenters. The summed E-state index contributed by atoms with van der Waals surface area (Å²) in [5, 5.41) is 9.19. The molecule has 0 aliphatic heterocycles. The Morgan fingerprint density at radius 1 is 1.29 bits per heavy atom. The molecule has 0 saturated heterocycles. The van der Waals surface area contributed by atoms with Crippen LogP contribution in [-0.4, -0.2) is 29.7 Å². The summed E-state index contributed by atoms with van der Waals surface area (Å²) in [6.45, 7) is 4.16. The smallest absolute Gasteiger partial charge is 0.128 e. The topological polar surface area (TPSA) is 23.5 Å². The van der Waals surface area contributed by atoms with Gasteiger partial charge in [0.1, 0.15) is 11.6 Å². The molecule has 0 fully saturated rings. The summed E-state index contributed by atoms with van der Waals surface area (Å²) in [5.41, 5.74) is 0.345. The average Bonchev–Trinajstić information content (AvgIpc) is 2.28. The first-order chi connectivity index (χ1) is 7.91. The van der Waals surface area contributed by atoms with E-state index >= 15 is 0 Å². The minimum Gasteiger partial charge on any atom is -0.393 e. The molecule has 0 amide bonds. The highest BCUT2D eigenvalue weighted by atomic mass is 19.1. The van der Waals surface area contributed by atoms with E-state index in [1.54, 1.807) is 6.92 Å². The lowest BCUT2D eigenvalue weighted by molar-refractivity contribution is 0.152. The summed E-state index contributed by atoms with van der Waals surface area (Å²) in [6.07, 6.45) is 0.222. The van der Waals surface area contributed by atoms with Gasteiger partial charge in [0, 0.05) is 18.2 Å². The van der Waals surface area contributed by atoms with Crippen molar-refractivity contribution in [3.63, 3.8) is 0 Å². The van der Waals surface area contributed by atoms with Gasteiger partial charge in [0.05, 0.1) is 6.10 Å². The molecule has 2 nitrogen and oxygen atoms in total. The number of hydrogen-bond acceptors (Lipinski definition) is 2. The fraction of sp³-hybridized carbons (Fsp3) is 0.538. The highest BCUT2D eigenvalue weighted by Gasteiger charge is 2.16. The molecule has 0 heterocycles. The number of hydrogen-bond donors (Lipinski definition) is 1. The fourth-order valence-corrected chi connectivity index (χ4v) is 1.66. The SMILES string of the molecule is CC(O)CCN(C)C(C)c1cc(F)ccc1F. The Bertz CT molecular complexity index is 368. The third-order valence-corrected chi connectivity index (χ3v) is 2.97. The molecule has 0 aliphatic carbocycles. The van der Waals surface area contributed by atoms with Crippen LogP contribution >= 0.6 is 0 Å². The molecule has 17 heavy (non-hydrogen) atoms. The van der Waals surface area contributed by atoms with E-state index in [1.807, 2.05) is 18.9 Å². The fourth-order valence-electron chi connectivity index (χ4n) is 1.66. The second kappa shape index (κ2) is 6.07. The van der Waals surface area contributed by atoms with Crippen molar-refractivity contribution in [3.05, 3.63) is 35.4 Å². The molecular weight excluding hydrogens is 224 g/mol. The Balaban J connectivity index is 2.74. The van der Waals surface area contributed by atoms with Crippen molar-refractivity contribution in [2.45, 2.75) is 32.4 Å². The van der Waals surface area contributed by atoms with Gasteiger partial charge in [0.2, 0.25) is 0 Å². The van der Waals surface area contributed by atoms with Crippen LogP contribution in [0.5, 0.6) is 0 Å². The van der Waals surface area contributed by atoms with E-state index in [0.29, 0.717) is 18.5 Å². The van der Waals surface area contributed by atoms with Crippen LogP contribution in [0.1, 0.15) is 31.9 Å². The van der Waals surface area contributed by atoms with E-state index in [2.05, 4.69) is 0 Å². The maximum absolute atomic E-state index is 13.5. The van der Waals surface area contributed by atoms with E-state index in [9.17, 15) is 13.9 Å². The predicted octanol–water partition coefficient (Wildman–Crippen LogP) is 2.73. The second-order valence-electron chi connectivity index (χ2n) is 4.46. The molecule has 0 radical (unpaired) electrons. The van der Waals surface area contributed by atoms with Gasteiger partial charge in [-0.25, -0.2) is 8.78 Å². The molecule has 0 spiro atoms. The molecule has 0 aromatic heterocycles. The van der Waals surface area contributed by atoms with Crippen LogP contribution in [-0.2, 0) is 0 Å². The van der Waals surface area contributed by atoms with Gasteiger partial charge >= 0.3 is 0 Å². The molecule has 1 N–H and O–H groups in total. The van der Waals surface area contributed by atoms with E-state index in [1.165, 1.54) is 6.07 Å². The number of benzene rings is 1. The molecule has 1 aromatic rings. The van der Waals surface area contributed by atoms with Crippen LogP contribution in [0.3, 0.4) is 0 Å². The third-order valence-electron chi connectivity index (χ3n) is 2.97. The normalized spacial score (nSPS) is 15.0. The van der Waals surface area contributed by atoms with Crippen molar-refractivity contribution in [1.29, 1.82) is 0 Å². The number of aliphatic hydroxyl groups is 1. The molecule has 1 aromatic carbocycles. The first-order valence-electron chi connectivity index (χ1n) is 5.75. The van der Waals surface area contributed by atoms with Crippen molar-refractivity contribution in [1.82, 2.24) is 4.90 Å². The first kappa shape index (κ1) is 14.1. The molecule has 4 heteroatoms. The van der Waals surface area contributed by atoms with Gasteiger partial charge in [-0.1, -0.05) is 0 Å². The zero-order valence-electron chi connectivity index (χ0n) is 10.5. The molecule has 0 aliphatic rings. The highest BCUT2D eigenvalue weighted by molar-refractivity contribution is 5.21. The Morgan fingerprint density at radius 2 is 1.94 bits per heavy atom. The molecular formula is C13H19F2NO. The lowest BCUT2D eigenvalue weighted by atomic mass is 10.1. The Kier molecular flexibility index (Phi) is 5.02. The van der Waals surface area contributed by atoms with Crippen LogP contribution in [0.2, 0.25) is 0 Å². The van der Waals surface area contributed by atoms with Crippen LogP contribution in [0.15, 0.2) is 18.2 Å². The molecule has 96 valence electrons.